The second kappa shape index (κ2) is 6.86. The maximum atomic E-state index is 12.5. The van der Waals surface area contributed by atoms with Gasteiger partial charge in [0.25, 0.3) is 0 Å². The molecule has 22 heavy (non-hydrogen) atoms. The highest BCUT2D eigenvalue weighted by Gasteiger charge is 2.31. The van der Waals surface area contributed by atoms with Crippen molar-refractivity contribution in [3.05, 3.63) is 42.1 Å². The molecule has 0 saturated carbocycles. The Hall–Kier alpha value is -1.97. The van der Waals surface area contributed by atoms with E-state index in [1.165, 1.54) is 5.56 Å². The van der Waals surface area contributed by atoms with Crippen molar-refractivity contribution < 1.29 is 4.79 Å². The summed E-state index contributed by atoms with van der Waals surface area (Å²) in [6.45, 7) is 14.8. The van der Waals surface area contributed by atoms with E-state index in [-0.39, 0.29) is 6.03 Å². The Kier molecular flexibility index (Phi) is 5.11. The normalized spacial score (nSPS) is 18.5. The monoisotopic (exact) mass is 301 g/mol. The number of allylic oxidation sites excluding steroid dienone is 1. The van der Waals surface area contributed by atoms with E-state index in [4.69, 9.17) is 0 Å². The fourth-order valence-electron chi connectivity index (χ4n) is 2.88. The van der Waals surface area contributed by atoms with Crippen molar-refractivity contribution in [2.75, 3.05) is 25.0 Å². The van der Waals surface area contributed by atoms with Crippen LogP contribution < -0.4 is 5.32 Å². The van der Waals surface area contributed by atoms with Crippen LogP contribution >= 0.6 is 0 Å². The average molecular weight is 301 g/mol. The summed E-state index contributed by atoms with van der Waals surface area (Å²) in [6, 6.07) is 8.21. The summed E-state index contributed by atoms with van der Waals surface area (Å²) >= 11 is 0. The largest absolute Gasteiger partial charge is 0.369 e. The van der Waals surface area contributed by atoms with Gasteiger partial charge in [-0.05, 0) is 31.9 Å². The molecule has 0 aliphatic carbocycles. The Morgan fingerprint density at radius 2 is 1.91 bits per heavy atom. The van der Waals surface area contributed by atoms with Crippen LogP contribution in [0.1, 0.15) is 26.3 Å². The van der Waals surface area contributed by atoms with Crippen molar-refractivity contribution in [2.45, 2.75) is 33.7 Å². The quantitative estimate of drug-likeness (QED) is 0.924. The van der Waals surface area contributed by atoms with E-state index in [0.717, 1.165) is 31.0 Å². The fourth-order valence-corrected chi connectivity index (χ4v) is 2.88. The number of urea groups is 1. The number of rotatable bonds is 3. The standard InChI is InChI=1S/C18H27N3O/c1-13(2)17-12-20(10-11-21(17)14(3)4)18(22)19-16-8-6-15(5)7-9-16/h6-9,13,17H,3,10-12H2,1-2,4-5H3,(H,19,22). The smallest absolute Gasteiger partial charge is 0.321 e. The molecule has 2 amide bonds. The predicted octanol–water partition coefficient (Wildman–Crippen LogP) is 3.70. The Balaban J connectivity index is 2.02. The van der Waals surface area contributed by atoms with Gasteiger partial charge in [0.05, 0.1) is 0 Å². The van der Waals surface area contributed by atoms with Crippen molar-refractivity contribution in [1.29, 1.82) is 0 Å². The summed E-state index contributed by atoms with van der Waals surface area (Å²) < 4.78 is 0. The van der Waals surface area contributed by atoms with Gasteiger partial charge in [0.1, 0.15) is 0 Å². The van der Waals surface area contributed by atoms with Crippen molar-refractivity contribution >= 4 is 11.7 Å². The van der Waals surface area contributed by atoms with Crippen molar-refractivity contribution in [3.8, 4) is 0 Å². The number of carbonyl (C=O) groups is 1. The molecule has 0 aromatic heterocycles. The molecule has 1 aliphatic rings. The van der Waals surface area contributed by atoms with Gasteiger partial charge in [0.15, 0.2) is 0 Å². The summed E-state index contributed by atoms with van der Waals surface area (Å²) in [5.41, 5.74) is 3.12. The second-order valence-electron chi connectivity index (χ2n) is 6.48. The maximum absolute atomic E-state index is 12.5. The number of nitrogens with zero attached hydrogens (tertiary/aromatic N) is 2. The topological polar surface area (TPSA) is 35.6 Å². The highest BCUT2D eigenvalue weighted by atomic mass is 16.2. The fraction of sp³-hybridized carbons (Fsp3) is 0.500. The number of hydrogen-bond acceptors (Lipinski definition) is 2. The van der Waals surface area contributed by atoms with E-state index in [1.54, 1.807) is 0 Å². The van der Waals surface area contributed by atoms with Crippen LogP contribution in [0.3, 0.4) is 0 Å². The van der Waals surface area contributed by atoms with Crippen LogP contribution in [0.2, 0.25) is 0 Å². The van der Waals surface area contributed by atoms with Crippen LogP contribution in [-0.2, 0) is 0 Å². The molecule has 1 heterocycles. The minimum atomic E-state index is -0.0177. The number of hydrogen-bond donors (Lipinski definition) is 1. The molecule has 1 aromatic rings. The SMILES string of the molecule is C=C(C)N1CCN(C(=O)Nc2ccc(C)cc2)CC1C(C)C. The molecule has 0 bridgehead atoms. The lowest BCUT2D eigenvalue weighted by Crippen LogP contribution is -2.56. The Bertz CT molecular complexity index is 536. The van der Waals surface area contributed by atoms with Gasteiger partial charge in [-0.1, -0.05) is 38.1 Å². The molecule has 1 atom stereocenters. The highest BCUT2D eigenvalue weighted by Crippen LogP contribution is 2.21. The molecule has 1 N–H and O–H groups in total. The molecule has 2 rings (SSSR count). The molecule has 1 unspecified atom stereocenters. The van der Waals surface area contributed by atoms with E-state index in [0.29, 0.717) is 12.0 Å². The Morgan fingerprint density at radius 1 is 1.27 bits per heavy atom. The minimum Gasteiger partial charge on any atom is -0.369 e. The van der Waals surface area contributed by atoms with Gasteiger partial charge in [-0.2, -0.15) is 0 Å². The molecular weight excluding hydrogens is 274 g/mol. The van der Waals surface area contributed by atoms with Gasteiger partial charge in [-0.15, -0.1) is 0 Å². The van der Waals surface area contributed by atoms with E-state index in [9.17, 15) is 4.79 Å². The zero-order valence-electron chi connectivity index (χ0n) is 14.1. The molecule has 0 radical (unpaired) electrons. The number of aryl methyl sites for hydroxylation is 1. The number of nitrogens with one attached hydrogen (secondary N) is 1. The number of amides is 2. The summed E-state index contributed by atoms with van der Waals surface area (Å²) in [5.74, 6) is 0.478. The van der Waals surface area contributed by atoms with E-state index in [2.05, 4.69) is 30.6 Å². The minimum absolute atomic E-state index is 0.0177. The number of piperazine rings is 1. The van der Waals surface area contributed by atoms with Gasteiger partial charge in [-0.25, -0.2) is 4.79 Å². The van der Waals surface area contributed by atoms with Gasteiger partial charge >= 0.3 is 6.03 Å². The first kappa shape index (κ1) is 16.4. The average Bonchev–Trinajstić information content (AvgIpc) is 2.48. The van der Waals surface area contributed by atoms with Crippen LogP contribution in [-0.4, -0.2) is 41.5 Å². The number of benzene rings is 1. The first-order valence-corrected chi connectivity index (χ1v) is 7.93. The summed E-state index contributed by atoms with van der Waals surface area (Å²) in [4.78, 5) is 16.7. The van der Waals surface area contributed by atoms with Crippen LogP contribution in [0.5, 0.6) is 0 Å². The molecule has 120 valence electrons. The molecule has 1 aromatic carbocycles. The van der Waals surface area contributed by atoms with E-state index in [1.807, 2.05) is 43.0 Å². The predicted molar refractivity (Wildman–Crippen MR) is 91.9 cm³/mol. The zero-order valence-corrected chi connectivity index (χ0v) is 14.1. The zero-order chi connectivity index (χ0) is 16.3. The molecule has 4 nitrogen and oxygen atoms in total. The molecule has 0 spiro atoms. The summed E-state index contributed by atoms with van der Waals surface area (Å²) in [5, 5.41) is 2.99. The second-order valence-corrected chi connectivity index (χ2v) is 6.48. The Morgan fingerprint density at radius 3 is 2.45 bits per heavy atom. The van der Waals surface area contributed by atoms with Gasteiger partial charge in [-0.3, -0.25) is 0 Å². The van der Waals surface area contributed by atoms with E-state index < -0.39 is 0 Å². The van der Waals surface area contributed by atoms with E-state index >= 15 is 0 Å². The number of anilines is 1. The Labute approximate surface area is 133 Å². The van der Waals surface area contributed by atoms with Crippen LogP contribution in [0.4, 0.5) is 10.5 Å². The van der Waals surface area contributed by atoms with Crippen LogP contribution in [0.25, 0.3) is 0 Å². The van der Waals surface area contributed by atoms with Crippen molar-refractivity contribution in [2.24, 2.45) is 5.92 Å². The number of carbonyl (C=O) groups excluding carboxylic acids is 1. The maximum Gasteiger partial charge on any atom is 0.321 e. The van der Waals surface area contributed by atoms with Crippen LogP contribution in [0, 0.1) is 12.8 Å². The van der Waals surface area contributed by atoms with Gasteiger partial charge < -0.3 is 15.1 Å². The highest BCUT2D eigenvalue weighted by molar-refractivity contribution is 5.89. The summed E-state index contributed by atoms with van der Waals surface area (Å²) in [6.07, 6.45) is 0. The lowest BCUT2D eigenvalue weighted by molar-refractivity contribution is 0.0962. The molecular formula is C18H27N3O. The third-order valence-corrected chi connectivity index (χ3v) is 4.27. The first-order valence-electron chi connectivity index (χ1n) is 7.93. The first-order chi connectivity index (χ1) is 10.4. The van der Waals surface area contributed by atoms with Crippen molar-refractivity contribution in [3.63, 3.8) is 0 Å². The molecule has 4 heteroatoms. The third kappa shape index (κ3) is 3.81. The molecule has 1 saturated heterocycles. The summed E-state index contributed by atoms with van der Waals surface area (Å²) in [7, 11) is 0. The lowest BCUT2D eigenvalue weighted by atomic mass is 9.99. The van der Waals surface area contributed by atoms with Gasteiger partial charge in [0, 0.05) is 37.1 Å². The molecule has 1 aliphatic heterocycles. The van der Waals surface area contributed by atoms with Gasteiger partial charge in [0.2, 0.25) is 0 Å². The lowest BCUT2D eigenvalue weighted by Gasteiger charge is -2.44. The van der Waals surface area contributed by atoms with Crippen LogP contribution in [0.15, 0.2) is 36.5 Å². The molecule has 1 fully saturated rings. The van der Waals surface area contributed by atoms with Crippen molar-refractivity contribution in [1.82, 2.24) is 9.80 Å². The third-order valence-electron chi connectivity index (χ3n) is 4.27.